The number of aliphatic hydroxyl groups is 6. The first-order valence-electron chi connectivity index (χ1n) is 46.4. The molecular formula is C93H131N23O24S. The number of pyridine rings is 2. The van der Waals surface area contributed by atoms with E-state index in [2.05, 4.69) is 73.8 Å². The highest BCUT2D eigenvalue weighted by atomic mass is 32.2. The van der Waals surface area contributed by atoms with E-state index in [0.717, 1.165) is 16.7 Å². The smallest absolute Gasteiger partial charge is 0.245 e. The molecule has 28 N–H and O–H groups in total. The maximum absolute atomic E-state index is 16.0. The van der Waals surface area contributed by atoms with Crippen molar-refractivity contribution < 1.29 is 117 Å². The zero-order valence-corrected chi connectivity index (χ0v) is 80.2. The van der Waals surface area contributed by atoms with E-state index < -0.39 is 297 Å². The van der Waals surface area contributed by atoms with Gasteiger partial charge in [-0.3, -0.25) is 96.3 Å². The Labute approximate surface area is 816 Å². The summed E-state index contributed by atoms with van der Waals surface area (Å²) in [6.45, 7) is 0.631. The van der Waals surface area contributed by atoms with Gasteiger partial charge in [0.2, 0.25) is 106 Å². The Morgan fingerprint density at radius 1 is 0.511 bits per heavy atom. The molecule has 4 aromatic heterocycles. The molecule has 1 saturated carbocycles. The molecule has 0 radical (unpaired) electrons. The first-order chi connectivity index (χ1) is 67.0. The number of fused-ring (bicyclic) bond motifs is 2. The first kappa shape index (κ1) is 113. The number of nitrogens with two attached hydrogens (primary N) is 5. The Kier molecular flexibility index (Phi) is 43.8. The fraction of sp³-hybridized carbons (Fsp3) is 0.527. The SMILES string of the molecule is C[C@H]1NC(=O)CSC[C@@H](C(=O)N[C@H](CCCCN)C(N)=O)NC(=O)[C@H](CCCC(N)=O)NC(=O)[C@H]([C@@H](C)O)NC(=O)[C@H](Cc2cn(C)c3ccccc23)NC(=O)[C@H](CCC(=O)NC[C@H](O)[C@@H](O)[C@H](O)[C@H](O)CO)NC(=O)[C@H](Cc2cn(C)c3ccccc23)NC(=O)[C@H](Cc2cccnc2)N(C)C(=O)[C@H](CCCC(N)=O)NC(=O)[C@H](C2CCC2)NC(=O)[C@H](CC(N)=O)NC(=O)[C@H](Cc2cccnc2)N(C)C1=O. The molecule has 2 fully saturated rings. The highest BCUT2D eigenvalue weighted by Gasteiger charge is 2.44. The summed E-state index contributed by atoms with van der Waals surface area (Å²) in [5.74, 6) is -21.0. The number of aliphatic hydroxyl groups excluding tert-OH is 6. The number of carbonyl (C=O) groups excluding carboxylic acids is 18. The van der Waals surface area contributed by atoms with Gasteiger partial charge in [-0.1, -0.05) is 55.0 Å². The number of hydrogen-bond donors (Lipinski definition) is 23. The second kappa shape index (κ2) is 54.8. The van der Waals surface area contributed by atoms with Crippen LogP contribution in [0.25, 0.3) is 21.8 Å². The predicted molar refractivity (Wildman–Crippen MR) is 511 cm³/mol. The number of likely N-dealkylation sites (N-methyl/N-ethyl adjacent to an activating group) is 2. The lowest BCUT2D eigenvalue weighted by Gasteiger charge is -2.36. The van der Waals surface area contributed by atoms with Crippen LogP contribution in [0.5, 0.6) is 0 Å². The zero-order chi connectivity index (χ0) is 104. The lowest BCUT2D eigenvalue weighted by Crippen LogP contribution is -2.63. The van der Waals surface area contributed by atoms with Crippen molar-refractivity contribution in [3.8, 4) is 0 Å². The number of primary amides is 4. The van der Waals surface area contributed by atoms with Gasteiger partial charge < -0.3 is 142 Å². The van der Waals surface area contributed by atoms with Crippen LogP contribution in [0.2, 0.25) is 0 Å². The van der Waals surface area contributed by atoms with E-state index in [1.165, 1.54) is 57.9 Å². The van der Waals surface area contributed by atoms with Crippen LogP contribution in [0.15, 0.2) is 110 Å². The number of aryl methyl sites for hydroxylation is 2. The third-order valence-corrected chi connectivity index (χ3v) is 25.7. The molecule has 2 aliphatic rings. The average molecular weight is 1990 g/mol. The summed E-state index contributed by atoms with van der Waals surface area (Å²) < 4.78 is 3.40. The standard InChI is InChI=1S/C93H131N23O24S/c1-49-92(139)115(5)68(36-51-18-16-34-99-41-51)88(135)109-64(40-74(97)123)86(133)112-78(53-20-13-21-53)91(138)106-61(26-15-30-73(96)122)93(140)116(6)69(37-52-19-17-35-100-42-52)89(136)108-62(38-54-44-113(3)66-27-9-7-22-56(54)66)84(131)104-60(31-32-75(124)101-43-70(119)79(126)80(127)71(120)46-117)83(130)107-63(39-55-45-114(4)67-28-10-8-23-57(55)67)85(132)111-77(50(2)118)90(137)105-59(25-14-29-72(95)121)82(129)110-65(47-141-48-76(125)102-49)87(134)103-58(81(98)128)24-11-12-33-94/h7-10,16-19,22-23,27-28,34-35,41-42,44-45,49-50,53,58-65,68-71,77-80,117-120,126-127H,11-15,20-21,24-26,29-33,36-40,43,46-48,94H2,1-6H3,(H2,95,121)(H2,96,122)(H2,97,123)(H2,98,128)(H,101,124)(H,102,125)(H,103,134)(H,104,131)(H,105,137)(H,106,138)(H,107,130)(H,108,136)(H,109,135)(H,110,129)(H,111,132)(H,112,133)/t49-,50-,58-,59+,60+,61+,62+,63+,64+,65+,68+,69+,70+,71-,77+,78+,79-,80-/m1/s1. The van der Waals surface area contributed by atoms with Gasteiger partial charge >= 0.3 is 0 Å². The molecule has 768 valence electrons. The van der Waals surface area contributed by atoms with Crippen LogP contribution in [0.1, 0.15) is 132 Å². The lowest BCUT2D eigenvalue weighted by molar-refractivity contribution is -0.144. The molecule has 0 unspecified atom stereocenters. The van der Waals surface area contributed by atoms with Gasteiger partial charge in [0, 0.05) is 144 Å². The van der Waals surface area contributed by atoms with Crippen LogP contribution < -0.4 is 92.5 Å². The summed E-state index contributed by atoms with van der Waals surface area (Å²) >= 11 is 0.698. The summed E-state index contributed by atoms with van der Waals surface area (Å²) in [6, 6.07) is -2.97. The lowest BCUT2D eigenvalue weighted by atomic mass is 9.79. The average Bonchev–Trinajstić information content (AvgIpc) is 1.67. The van der Waals surface area contributed by atoms with Crippen molar-refractivity contribution in [2.45, 2.75) is 245 Å². The Hall–Kier alpha value is -13.7. The molecule has 18 atom stereocenters. The van der Waals surface area contributed by atoms with Crippen molar-refractivity contribution in [1.82, 2.24) is 92.7 Å². The van der Waals surface area contributed by atoms with Gasteiger partial charge in [0.05, 0.1) is 31.0 Å². The fourth-order valence-corrected chi connectivity index (χ4v) is 17.3. The van der Waals surface area contributed by atoms with Gasteiger partial charge in [-0.2, -0.15) is 0 Å². The third-order valence-electron chi connectivity index (χ3n) is 24.6. The van der Waals surface area contributed by atoms with Crippen LogP contribution in [0, 0.1) is 5.92 Å². The quantitative estimate of drug-likeness (QED) is 0.0163. The minimum atomic E-state index is -2.17. The number of nitrogens with one attached hydrogen (secondary N) is 12. The molecule has 6 aromatic rings. The maximum atomic E-state index is 16.0. The molecular weight excluding hydrogens is 1860 g/mol. The molecule has 18 amide bonds. The molecule has 141 heavy (non-hydrogen) atoms. The number of benzene rings is 2. The molecule has 0 spiro atoms. The minimum absolute atomic E-state index is 0.0454. The first-order valence-corrected chi connectivity index (χ1v) is 47.5. The Morgan fingerprint density at radius 2 is 0.993 bits per heavy atom. The summed E-state index contributed by atoms with van der Waals surface area (Å²) in [5.41, 5.74) is 31.1. The monoisotopic (exact) mass is 1990 g/mol. The molecule has 0 bridgehead atoms. The minimum Gasteiger partial charge on any atom is -0.394 e. The molecule has 8 rings (SSSR count). The van der Waals surface area contributed by atoms with E-state index in [1.807, 2.05) is 0 Å². The molecule has 47 nitrogen and oxygen atoms in total. The van der Waals surface area contributed by atoms with Crippen molar-refractivity contribution in [1.29, 1.82) is 0 Å². The normalized spacial score (nSPS) is 23.1. The number of rotatable bonds is 36. The fourth-order valence-electron chi connectivity index (χ4n) is 16.4. The number of amides is 18. The molecule has 5 heterocycles. The number of para-hydroxylation sites is 2. The van der Waals surface area contributed by atoms with Crippen LogP contribution in [0.3, 0.4) is 0 Å². The number of aromatic nitrogens is 4. The summed E-state index contributed by atoms with van der Waals surface area (Å²) in [4.78, 5) is 274. The summed E-state index contributed by atoms with van der Waals surface area (Å²) in [5, 5.41) is 95.1. The van der Waals surface area contributed by atoms with E-state index in [1.54, 1.807) is 96.3 Å². The van der Waals surface area contributed by atoms with Crippen LogP contribution >= 0.6 is 11.8 Å². The Bertz CT molecular complexity index is 5380. The van der Waals surface area contributed by atoms with Crippen molar-refractivity contribution in [3.63, 3.8) is 0 Å². The van der Waals surface area contributed by atoms with Gasteiger partial charge in [0.25, 0.3) is 0 Å². The van der Waals surface area contributed by atoms with Crippen molar-refractivity contribution in [2.75, 3.05) is 45.3 Å². The second-order valence-corrected chi connectivity index (χ2v) is 36.5. The highest BCUT2D eigenvalue weighted by molar-refractivity contribution is 8.00. The van der Waals surface area contributed by atoms with Gasteiger partial charge in [-0.05, 0) is 137 Å². The van der Waals surface area contributed by atoms with Crippen LogP contribution in [-0.4, -0.2) is 320 Å². The molecule has 1 saturated heterocycles. The van der Waals surface area contributed by atoms with Gasteiger partial charge in [0.15, 0.2) is 0 Å². The van der Waals surface area contributed by atoms with E-state index in [4.69, 9.17) is 28.7 Å². The Balaban J connectivity index is 1.29. The number of nitrogens with zero attached hydrogens (tertiary/aromatic N) is 6. The molecule has 2 aromatic carbocycles. The van der Waals surface area contributed by atoms with Crippen molar-refractivity contribution in [2.24, 2.45) is 48.7 Å². The molecule has 1 aliphatic heterocycles. The van der Waals surface area contributed by atoms with E-state index in [-0.39, 0.29) is 51.5 Å². The van der Waals surface area contributed by atoms with Crippen molar-refractivity contribution in [3.05, 3.63) is 132 Å². The second-order valence-electron chi connectivity index (χ2n) is 35.4. The van der Waals surface area contributed by atoms with Gasteiger partial charge in [0.1, 0.15) is 96.9 Å². The zero-order valence-electron chi connectivity index (χ0n) is 79.3. The van der Waals surface area contributed by atoms with Gasteiger partial charge in [-0.15, -0.1) is 11.8 Å². The van der Waals surface area contributed by atoms with Crippen LogP contribution in [0.4, 0.5) is 0 Å². The number of carbonyl (C=O) groups is 18. The third kappa shape index (κ3) is 33.5. The number of thioether (sulfide) groups is 1. The van der Waals surface area contributed by atoms with E-state index in [0.29, 0.717) is 81.5 Å². The van der Waals surface area contributed by atoms with E-state index >= 15 is 43.2 Å². The number of unbranched alkanes of at least 4 members (excludes halogenated alkanes) is 1. The van der Waals surface area contributed by atoms with Gasteiger partial charge in [-0.25, -0.2) is 0 Å². The highest BCUT2D eigenvalue weighted by Crippen LogP contribution is 2.31. The van der Waals surface area contributed by atoms with E-state index in [9.17, 15) is 73.8 Å². The van der Waals surface area contributed by atoms with Crippen molar-refractivity contribution >= 4 is 140 Å². The maximum Gasteiger partial charge on any atom is 0.245 e. The summed E-state index contributed by atoms with van der Waals surface area (Å²) in [7, 11) is 5.78. The number of hydrogen-bond acceptors (Lipinski definition) is 28. The summed E-state index contributed by atoms with van der Waals surface area (Å²) in [6.07, 6.45) is -5.76. The Morgan fingerprint density at radius 3 is 1.50 bits per heavy atom. The largest absolute Gasteiger partial charge is 0.394 e. The topological polar surface area (TPSA) is 745 Å². The van der Waals surface area contributed by atoms with Crippen LogP contribution in [-0.2, 0) is 126 Å². The predicted octanol–water partition coefficient (Wildman–Crippen LogP) is -7.20. The molecule has 1 aliphatic carbocycles. The molecule has 48 heteroatoms.